The molecule has 1 aromatic rings. The summed E-state index contributed by atoms with van der Waals surface area (Å²) in [5.74, 6) is 0. The molecule has 0 aromatic carbocycles. The molecular formula is C11H18N2S. The van der Waals surface area contributed by atoms with Crippen LogP contribution in [0, 0.1) is 6.92 Å². The van der Waals surface area contributed by atoms with E-state index in [1.165, 1.54) is 29.8 Å². The largest absolute Gasteiger partial charge is 0.329 e. The van der Waals surface area contributed by atoms with Crippen LogP contribution in [0.5, 0.6) is 0 Å². The topological polar surface area (TPSA) is 29.3 Å². The maximum atomic E-state index is 5.75. The van der Waals surface area contributed by atoms with E-state index in [-0.39, 0.29) is 0 Å². The molecule has 0 radical (unpaired) electrons. The molecule has 0 aliphatic carbocycles. The number of aryl methyl sites for hydroxylation is 1. The summed E-state index contributed by atoms with van der Waals surface area (Å²) in [7, 11) is 0. The van der Waals surface area contributed by atoms with Crippen molar-refractivity contribution in [1.29, 1.82) is 0 Å². The molecule has 1 fully saturated rings. The highest BCUT2D eigenvalue weighted by molar-refractivity contribution is 7.10. The van der Waals surface area contributed by atoms with E-state index in [9.17, 15) is 0 Å². The number of hydrogen-bond acceptors (Lipinski definition) is 3. The maximum Gasteiger partial charge on any atom is 0.0334 e. The minimum atomic E-state index is 0.622. The van der Waals surface area contributed by atoms with Crippen molar-refractivity contribution < 1.29 is 0 Å². The number of rotatable bonds is 3. The van der Waals surface area contributed by atoms with Crippen LogP contribution < -0.4 is 5.73 Å². The third kappa shape index (κ3) is 2.00. The number of likely N-dealkylation sites (tertiary alicyclic amines) is 1. The summed E-state index contributed by atoms with van der Waals surface area (Å²) in [6, 6.07) is 2.82. The van der Waals surface area contributed by atoms with Crippen molar-refractivity contribution in [3.05, 3.63) is 21.9 Å². The van der Waals surface area contributed by atoms with E-state index < -0.39 is 0 Å². The molecule has 0 spiro atoms. The Morgan fingerprint density at radius 3 is 3.14 bits per heavy atom. The predicted molar refractivity (Wildman–Crippen MR) is 61.5 cm³/mol. The van der Waals surface area contributed by atoms with E-state index in [0.717, 1.165) is 13.1 Å². The quantitative estimate of drug-likeness (QED) is 0.826. The molecule has 2 rings (SSSR count). The predicted octanol–water partition coefficient (Wildman–Crippen LogP) is 1.98. The first-order valence-corrected chi connectivity index (χ1v) is 6.16. The molecule has 0 bridgehead atoms. The lowest BCUT2D eigenvalue weighted by Gasteiger charge is -2.22. The van der Waals surface area contributed by atoms with Gasteiger partial charge in [0.25, 0.3) is 0 Å². The second-order valence-corrected chi connectivity index (χ2v) is 5.03. The Morgan fingerprint density at radius 2 is 2.50 bits per heavy atom. The molecule has 2 nitrogen and oxygen atoms in total. The van der Waals surface area contributed by atoms with Gasteiger partial charge in [0.2, 0.25) is 0 Å². The molecule has 78 valence electrons. The molecule has 2 N–H and O–H groups in total. The number of hydrogen-bond donors (Lipinski definition) is 1. The molecule has 1 atom stereocenters. The minimum absolute atomic E-state index is 0.622. The van der Waals surface area contributed by atoms with Gasteiger partial charge in [0.15, 0.2) is 0 Å². The number of thiophene rings is 1. The second-order valence-electron chi connectivity index (χ2n) is 4.03. The van der Waals surface area contributed by atoms with Crippen LogP contribution in [0.1, 0.15) is 23.3 Å². The van der Waals surface area contributed by atoms with Gasteiger partial charge in [-0.2, -0.15) is 0 Å². The van der Waals surface area contributed by atoms with Crippen molar-refractivity contribution in [1.82, 2.24) is 4.90 Å². The summed E-state index contributed by atoms with van der Waals surface area (Å²) >= 11 is 1.87. The van der Waals surface area contributed by atoms with Crippen molar-refractivity contribution >= 4 is 11.3 Å². The highest BCUT2D eigenvalue weighted by Gasteiger charge is 2.23. The molecule has 2 heterocycles. The third-order valence-corrected chi connectivity index (χ3v) is 4.09. The molecule has 1 aromatic heterocycles. The fourth-order valence-corrected chi connectivity index (χ4v) is 3.05. The lowest BCUT2D eigenvalue weighted by Crippen LogP contribution is -2.34. The van der Waals surface area contributed by atoms with Gasteiger partial charge < -0.3 is 5.73 Å². The van der Waals surface area contributed by atoms with Crippen LogP contribution in [0.25, 0.3) is 0 Å². The fourth-order valence-electron chi connectivity index (χ4n) is 2.12. The number of nitrogens with zero attached hydrogens (tertiary/aromatic N) is 1. The van der Waals surface area contributed by atoms with Crippen LogP contribution in [0.3, 0.4) is 0 Å². The molecule has 1 aliphatic heterocycles. The Morgan fingerprint density at radius 1 is 1.64 bits per heavy atom. The van der Waals surface area contributed by atoms with Gasteiger partial charge in [-0.1, -0.05) is 0 Å². The Bertz CT molecular complexity index is 295. The summed E-state index contributed by atoms with van der Waals surface area (Å²) in [5, 5.41) is 2.18. The van der Waals surface area contributed by atoms with Gasteiger partial charge in [-0.25, -0.2) is 0 Å². The van der Waals surface area contributed by atoms with Gasteiger partial charge in [0.1, 0.15) is 0 Å². The molecule has 14 heavy (non-hydrogen) atoms. The standard InChI is InChI=1S/C11H18N2S/c1-9-4-6-14-11(9)8-13-5-2-3-10(13)7-12/h4,6,10H,2-3,5,7-8,12H2,1H3/t10-/m1/s1. The Balaban J connectivity index is 2.00. The zero-order valence-electron chi connectivity index (χ0n) is 8.70. The zero-order chi connectivity index (χ0) is 9.97. The third-order valence-electron chi connectivity index (χ3n) is 3.09. The van der Waals surface area contributed by atoms with E-state index >= 15 is 0 Å². The second kappa shape index (κ2) is 4.43. The first-order valence-electron chi connectivity index (χ1n) is 5.28. The van der Waals surface area contributed by atoms with Crippen LogP contribution in [0.15, 0.2) is 11.4 Å². The molecular weight excluding hydrogens is 192 g/mol. The van der Waals surface area contributed by atoms with E-state index in [4.69, 9.17) is 5.73 Å². The van der Waals surface area contributed by atoms with Crippen LogP contribution in [-0.2, 0) is 6.54 Å². The maximum absolute atomic E-state index is 5.75. The minimum Gasteiger partial charge on any atom is -0.329 e. The van der Waals surface area contributed by atoms with Gasteiger partial charge in [0, 0.05) is 24.0 Å². The summed E-state index contributed by atoms with van der Waals surface area (Å²) in [6.07, 6.45) is 2.59. The highest BCUT2D eigenvalue weighted by Crippen LogP contribution is 2.23. The van der Waals surface area contributed by atoms with Crippen LogP contribution in [0.4, 0.5) is 0 Å². The van der Waals surface area contributed by atoms with E-state index in [2.05, 4.69) is 23.3 Å². The van der Waals surface area contributed by atoms with Crippen LogP contribution in [-0.4, -0.2) is 24.0 Å². The number of nitrogens with two attached hydrogens (primary N) is 1. The van der Waals surface area contributed by atoms with Crippen LogP contribution in [0.2, 0.25) is 0 Å². The average Bonchev–Trinajstić information content (AvgIpc) is 2.77. The van der Waals surface area contributed by atoms with Gasteiger partial charge >= 0.3 is 0 Å². The van der Waals surface area contributed by atoms with Crippen LogP contribution >= 0.6 is 11.3 Å². The van der Waals surface area contributed by atoms with E-state index in [1.807, 2.05) is 11.3 Å². The van der Waals surface area contributed by atoms with Crippen molar-refractivity contribution in [3.8, 4) is 0 Å². The lowest BCUT2D eigenvalue weighted by atomic mass is 10.2. The molecule has 0 amide bonds. The first-order chi connectivity index (χ1) is 6.81. The van der Waals surface area contributed by atoms with Crippen molar-refractivity contribution in [3.63, 3.8) is 0 Å². The van der Waals surface area contributed by atoms with Crippen molar-refractivity contribution in [2.75, 3.05) is 13.1 Å². The highest BCUT2D eigenvalue weighted by atomic mass is 32.1. The fraction of sp³-hybridized carbons (Fsp3) is 0.636. The van der Waals surface area contributed by atoms with Gasteiger partial charge in [-0.3, -0.25) is 4.90 Å². The normalized spacial score (nSPS) is 23.1. The monoisotopic (exact) mass is 210 g/mol. The molecule has 0 unspecified atom stereocenters. The van der Waals surface area contributed by atoms with E-state index in [1.54, 1.807) is 0 Å². The summed E-state index contributed by atoms with van der Waals surface area (Å²) in [5.41, 5.74) is 7.18. The zero-order valence-corrected chi connectivity index (χ0v) is 9.52. The van der Waals surface area contributed by atoms with E-state index in [0.29, 0.717) is 6.04 Å². The molecule has 1 saturated heterocycles. The summed E-state index contributed by atoms with van der Waals surface area (Å²) in [4.78, 5) is 4.03. The molecule has 1 aliphatic rings. The van der Waals surface area contributed by atoms with Gasteiger partial charge in [-0.05, 0) is 43.3 Å². The van der Waals surface area contributed by atoms with Gasteiger partial charge in [0.05, 0.1) is 0 Å². The Kier molecular flexibility index (Phi) is 3.21. The molecule has 3 heteroatoms. The SMILES string of the molecule is Cc1ccsc1CN1CCC[C@@H]1CN. The lowest BCUT2D eigenvalue weighted by molar-refractivity contribution is 0.252. The van der Waals surface area contributed by atoms with Crippen molar-refractivity contribution in [2.24, 2.45) is 5.73 Å². The summed E-state index contributed by atoms with van der Waals surface area (Å²) < 4.78 is 0. The Labute approximate surface area is 89.7 Å². The van der Waals surface area contributed by atoms with Crippen molar-refractivity contribution in [2.45, 2.75) is 32.4 Å². The molecule has 0 saturated carbocycles. The smallest absolute Gasteiger partial charge is 0.0334 e. The summed E-state index contributed by atoms with van der Waals surface area (Å²) in [6.45, 7) is 5.33. The first kappa shape index (κ1) is 10.1. The average molecular weight is 210 g/mol. The Hall–Kier alpha value is -0.380. The van der Waals surface area contributed by atoms with Gasteiger partial charge in [-0.15, -0.1) is 11.3 Å².